The summed E-state index contributed by atoms with van der Waals surface area (Å²) in [4.78, 5) is 37.8. The van der Waals surface area contributed by atoms with Crippen molar-refractivity contribution >= 4 is 17.5 Å². The molecule has 1 aliphatic carbocycles. The van der Waals surface area contributed by atoms with Crippen LogP contribution in [-0.2, 0) is 14.3 Å². The zero-order chi connectivity index (χ0) is 21.4. The second kappa shape index (κ2) is 8.51. The van der Waals surface area contributed by atoms with E-state index in [1.54, 1.807) is 0 Å². The third kappa shape index (κ3) is 4.10. The number of piperidine rings is 1. The van der Waals surface area contributed by atoms with Crippen molar-refractivity contribution in [1.29, 1.82) is 0 Å². The van der Waals surface area contributed by atoms with Crippen molar-refractivity contribution in [3.8, 4) is 0 Å². The molecule has 4 heterocycles. The molecule has 2 amide bonds. The van der Waals surface area contributed by atoms with E-state index in [2.05, 4.69) is 9.88 Å². The summed E-state index contributed by atoms with van der Waals surface area (Å²) in [5.41, 5.74) is 1.36. The summed E-state index contributed by atoms with van der Waals surface area (Å²) in [6.45, 7) is 7.28. The van der Waals surface area contributed by atoms with Crippen molar-refractivity contribution in [1.82, 2.24) is 14.8 Å². The molecular weight excluding hydrogens is 392 g/mol. The molecule has 0 radical (unpaired) electrons. The zero-order valence-corrected chi connectivity index (χ0v) is 18.6. The van der Waals surface area contributed by atoms with Crippen molar-refractivity contribution in [2.45, 2.75) is 51.0 Å². The molecule has 4 fully saturated rings. The van der Waals surface area contributed by atoms with Gasteiger partial charge in [0.2, 0.25) is 11.8 Å². The Labute approximate surface area is 184 Å². The minimum absolute atomic E-state index is 0.0857. The number of piperazine rings is 1. The number of ether oxygens (including phenoxy) is 1. The Morgan fingerprint density at radius 2 is 1.84 bits per heavy atom. The first-order chi connectivity index (χ1) is 15.1. The first kappa shape index (κ1) is 20.9. The van der Waals surface area contributed by atoms with Gasteiger partial charge < -0.3 is 14.5 Å². The van der Waals surface area contributed by atoms with Crippen molar-refractivity contribution in [2.75, 3.05) is 50.8 Å². The average Bonchev–Trinajstić information content (AvgIpc) is 3.63. The number of nitrogens with zero attached hydrogens (tertiary/aromatic N) is 4. The maximum absolute atomic E-state index is 13.9. The Morgan fingerprint density at radius 3 is 2.48 bits per heavy atom. The highest BCUT2D eigenvalue weighted by Crippen LogP contribution is 2.40. The largest absolute Gasteiger partial charge is 0.381 e. The summed E-state index contributed by atoms with van der Waals surface area (Å²) in [6, 6.07) is 3.98. The lowest BCUT2D eigenvalue weighted by atomic mass is 9.81. The average molecular weight is 427 g/mol. The number of hydrogen-bond acceptors (Lipinski definition) is 5. The van der Waals surface area contributed by atoms with Crippen LogP contribution >= 0.6 is 0 Å². The number of carbonyl (C=O) groups is 2. The molecule has 0 aromatic carbocycles. The molecule has 0 atom stereocenters. The predicted molar refractivity (Wildman–Crippen MR) is 118 cm³/mol. The van der Waals surface area contributed by atoms with Crippen LogP contribution in [0.3, 0.4) is 0 Å². The number of carbonyl (C=O) groups excluding carboxylic acids is 2. The smallest absolute Gasteiger partial charge is 0.247 e. The van der Waals surface area contributed by atoms with Crippen LogP contribution in [0.2, 0.25) is 0 Å². The van der Waals surface area contributed by atoms with E-state index in [1.165, 1.54) is 12.8 Å². The summed E-state index contributed by atoms with van der Waals surface area (Å²) < 4.78 is 5.43. The molecule has 1 aromatic rings. The molecule has 3 saturated heterocycles. The molecule has 0 unspecified atom stereocenters. The molecule has 7 nitrogen and oxygen atoms in total. The van der Waals surface area contributed by atoms with Gasteiger partial charge in [-0.2, -0.15) is 0 Å². The fraction of sp³-hybridized carbons (Fsp3) is 0.708. The Hall–Kier alpha value is -1.99. The van der Waals surface area contributed by atoms with E-state index in [9.17, 15) is 9.59 Å². The number of amides is 2. The molecule has 31 heavy (non-hydrogen) atoms. The van der Waals surface area contributed by atoms with E-state index in [-0.39, 0.29) is 17.7 Å². The van der Waals surface area contributed by atoms with Crippen molar-refractivity contribution in [3.63, 3.8) is 0 Å². The van der Waals surface area contributed by atoms with Crippen LogP contribution in [0.15, 0.2) is 18.3 Å². The Balaban J connectivity index is 1.33. The van der Waals surface area contributed by atoms with Gasteiger partial charge in [-0.15, -0.1) is 0 Å². The third-order valence-electron chi connectivity index (χ3n) is 7.70. The van der Waals surface area contributed by atoms with Crippen LogP contribution in [0.1, 0.15) is 44.2 Å². The number of aryl methyl sites for hydroxylation is 1. The van der Waals surface area contributed by atoms with Gasteiger partial charge in [-0.25, -0.2) is 0 Å². The summed E-state index contributed by atoms with van der Waals surface area (Å²) in [5.74, 6) is 1.28. The number of aromatic nitrogens is 1. The van der Waals surface area contributed by atoms with Crippen LogP contribution in [0.25, 0.3) is 0 Å². The van der Waals surface area contributed by atoms with Crippen LogP contribution in [0.4, 0.5) is 5.69 Å². The van der Waals surface area contributed by atoms with Gasteiger partial charge in [-0.05, 0) is 63.5 Å². The molecule has 0 N–H and O–H groups in total. The van der Waals surface area contributed by atoms with E-state index < -0.39 is 5.54 Å². The molecule has 7 heteroatoms. The predicted octanol–water partition coefficient (Wildman–Crippen LogP) is 2.24. The van der Waals surface area contributed by atoms with E-state index in [1.807, 2.05) is 35.1 Å². The topological polar surface area (TPSA) is 66.0 Å². The highest BCUT2D eigenvalue weighted by molar-refractivity contribution is 6.01. The molecule has 5 rings (SSSR count). The first-order valence-electron chi connectivity index (χ1n) is 11.9. The van der Waals surface area contributed by atoms with E-state index in [0.717, 1.165) is 56.1 Å². The Kier molecular flexibility index (Phi) is 5.73. The SMILES string of the molecule is Cc1ccc(N2CCN(CC3CC3)C3(CCN(C(=O)C4CCOCC4)CC3)C2=O)cn1. The molecule has 0 bridgehead atoms. The van der Waals surface area contributed by atoms with Crippen molar-refractivity contribution in [2.24, 2.45) is 11.8 Å². The number of rotatable bonds is 4. The van der Waals surface area contributed by atoms with Crippen LogP contribution in [-0.4, -0.2) is 78.1 Å². The summed E-state index contributed by atoms with van der Waals surface area (Å²) >= 11 is 0. The van der Waals surface area contributed by atoms with Gasteiger partial charge in [0.05, 0.1) is 11.9 Å². The summed E-state index contributed by atoms with van der Waals surface area (Å²) in [7, 11) is 0. The normalized spacial score (nSPS) is 25.3. The molecular formula is C24H34N4O3. The van der Waals surface area contributed by atoms with E-state index in [4.69, 9.17) is 4.74 Å². The van der Waals surface area contributed by atoms with Crippen LogP contribution in [0.5, 0.6) is 0 Å². The number of pyridine rings is 1. The summed E-state index contributed by atoms with van der Waals surface area (Å²) in [6.07, 6.45) is 7.47. The minimum Gasteiger partial charge on any atom is -0.381 e. The fourth-order valence-electron chi connectivity index (χ4n) is 5.50. The number of likely N-dealkylation sites (tertiary alicyclic amines) is 1. The Bertz CT molecular complexity index is 809. The zero-order valence-electron chi connectivity index (χ0n) is 18.6. The maximum Gasteiger partial charge on any atom is 0.247 e. The van der Waals surface area contributed by atoms with Crippen LogP contribution in [0, 0.1) is 18.8 Å². The third-order valence-corrected chi connectivity index (χ3v) is 7.70. The van der Waals surface area contributed by atoms with Gasteiger partial charge >= 0.3 is 0 Å². The Morgan fingerprint density at radius 1 is 1.10 bits per heavy atom. The van der Waals surface area contributed by atoms with E-state index >= 15 is 0 Å². The van der Waals surface area contributed by atoms with Gasteiger partial charge in [0.1, 0.15) is 5.54 Å². The van der Waals surface area contributed by atoms with Crippen molar-refractivity contribution < 1.29 is 14.3 Å². The van der Waals surface area contributed by atoms with Crippen molar-refractivity contribution in [3.05, 3.63) is 24.0 Å². The number of anilines is 1. The lowest BCUT2D eigenvalue weighted by molar-refractivity contribution is -0.147. The lowest BCUT2D eigenvalue weighted by Crippen LogP contribution is -2.69. The van der Waals surface area contributed by atoms with Gasteiger partial charge in [0, 0.05) is 57.5 Å². The van der Waals surface area contributed by atoms with Gasteiger partial charge in [0.15, 0.2) is 0 Å². The van der Waals surface area contributed by atoms with E-state index in [0.29, 0.717) is 32.8 Å². The molecule has 168 valence electrons. The molecule has 3 aliphatic heterocycles. The second-order valence-electron chi connectivity index (χ2n) is 9.75. The quantitative estimate of drug-likeness (QED) is 0.739. The molecule has 1 spiro atoms. The molecule has 4 aliphatic rings. The van der Waals surface area contributed by atoms with Gasteiger partial charge in [0.25, 0.3) is 0 Å². The maximum atomic E-state index is 13.9. The lowest BCUT2D eigenvalue weighted by Gasteiger charge is -2.53. The first-order valence-corrected chi connectivity index (χ1v) is 11.9. The van der Waals surface area contributed by atoms with Gasteiger partial charge in [-0.3, -0.25) is 19.5 Å². The summed E-state index contributed by atoms with van der Waals surface area (Å²) in [5, 5.41) is 0. The van der Waals surface area contributed by atoms with Gasteiger partial charge in [-0.1, -0.05) is 0 Å². The highest BCUT2D eigenvalue weighted by atomic mass is 16.5. The second-order valence-corrected chi connectivity index (χ2v) is 9.75. The monoisotopic (exact) mass is 426 g/mol. The molecule has 1 aromatic heterocycles. The minimum atomic E-state index is -0.488. The molecule has 1 saturated carbocycles. The fourth-order valence-corrected chi connectivity index (χ4v) is 5.50. The standard InChI is InChI=1S/C24H34N4O3/c1-18-2-5-21(16-25-18)28-13-12-27(17-19-3-4-19)24(23(28)30)8-10-26(11-9-24)22(29)20-6-14-31-15-7-20/h2,5,16,19-20H,3-4,6-15,17H2,1H3. The highest BCUT2D eigenvalue weighted by Gasteiger charge is 2.52. The number of hydrogen-bond donors (Lipinski definition) is 0. The van der Waals surface area contributed by atoms with Crippen LogP contribution < -0.4 is 4.90 Å².